The third-order valence-corrected chi connectivity index (χ3v) is 7.50. The van der Waals surface area contributed by atoms with Crippen LogP contribution in [0.25, 0.3) is 0 Å². The fourth-order valence-corrected chi connectivity index (χ4v) is 6.83. The molecule has 1 aromatic heterocycles. The van der Waals surface area contributed by atoms with Gasteiger partial charge in [-0.05, 0) is 92.9 Å². The molecule has 5 aliphatic rings. The predicted molar refractivity (Wildman–Crippen MR) is 96.9 cm³/mol. The number of pyridine rings is 1. The van der Waals surface area contributed by atoms with Gasteiger partial charge in [-0.3, -0.25) is 4.79 Å². The van der Waals surface area contributed by atoms with Crippen molar-refractivity contribution < 1.29 is 9.36 Å². The number of aromatic nitrogens is 1. The standard InChI is InChI=1S/C22H30N2O/c25-21(14-24-6-5-19-3-1-2-4-20(19)13-24)23-15-22-10-16-7-17(11-22)9-18(8-16)12-22/h5-6,13,16-18H,1-4,7-12,14-15H2/p+1. The molecule has 4 bridgehead atoms. The number of amides is 1. The minimum Gasteiger partial charge on any atom is -0.350 e. The summed E-state index contributed by atoms with van der Waals surface area (Å²) in [6, 6.07) is 2.22. The summed E-state index contributed by atoms with van der Waals surface area (Å²) in [7, 11) is 0. The molecule has 3 nitrogen and oxygen atoms in total. The molecule has 1 heterocycles. The molecular weight excluding hydrogens is 308 g/mol. The van der Waals surface area contributed by atoms with Gasteiger partial charge in [0, 0.05) is 18.2 Å². The summed E-state index contributed by atoms with van der Waals surface area (Å²) in [5.74, 6) is 3.06. The molecule has 1 N–H and O–H groups in total. The molecule has 0 aliphatic heterocycles. The number of nitrogens with one attached hydrogen (secondary N) is 1. The third-order valence-electron chi connectivity index (χ3n) is 7.50. The highest BCUT2D eigenvalue weighted by atomic mass is 16.1. The highest BCUT2D eigenvalue weighted by Crippen LogP contribution is 2.59. The summed E-state index contributed by atoms with van der Waals surface area (Å²) in [5, 5.41) is 3.31. The summed E-state index contributed by atoms with van der Waals surface area (Å²) in [4.78, 5) is 12.5. The molecule has 0 unspecified atom stereocenters. The van der Waals surface area contributed by atoms with Crippen molar-refractivity contribution in [3.8, 4) is 0 Å². The van der Waals surface area contributed by atoms with Gasteiger partial charge in [0.15, 0.2) is 12.4 Å². The highest BCUT2D eigenvalue weighted by Gasteiger charge is 2.50. The predicted octanol–water partition coefficient (Wildman–Crippen LogP) is 3.19. The first-order chi connectivity index (χ1) is 12.2. The van der Waals surface area contributed by atoms with Crippen molar-refractivity contribution in [2.24, 2.45) is 23.2 Å². The molecule has 0 radical (unpaired) electrons. The molecule has 0 saturated heterocycles. The van der Waals surface area contributed by atoms with E-state index in [0.29, 0.717) is 12.0 Å². The van der Waals surface area contributed by atoms with Gasteiger partial charge in [0.25, 0.3) is 5.91 Å². The highest BCUT2D eigenvalue weighted by molar-refractivity contribution is 5.74. The zero-order valence-electron chi connectivity index (χ0n) is 15.3. The largest absolute Gasteiger partial charge is 0.350 e. The van der Waals surface area contributed by atoms with Crippen LogP contribution in [-0.2, 0) is 24.2 Å². The van der Waals surface area contributed by atoms with E-state index in [2.05, 4.69) is 28.3 Å². The van der Waals surface area contributed by atoms with Crippen molar-refractivity contribution in [1.29, 1.82) is 0 Å². The van der Waals surface area contributed by atoms with Crippen molar-refractivity contribution in [3.63, 3.8) is 0 Å². The number of fused-ring (bicyclic) bond motifs is 1. The van der Waals surface area contributed by atoms with Gasteiger partial charge in [0.1, 0.15) is 0 Å². The van der Waals surface area contributed by atoms with Crippen LogP contribution in [0, 0.1) is 23.2 Å². The quantitative estimate of drug-likeness (QED) is 0.840. The monoisotopic (exact) mass is 339 g/mol. The number of carbonyl (C=O) groups excluding carboxylic acids is 1. The van der Waals surface area contributed by atoms with E-state index in [4.69, 9.17) is 0 Å². The smallest absolute Gasteiger partial charge is 0.286 e. The Hall–Kier alpha value is -1.38. The Kier molecular flexibility index (Phi) is 3.87. The Bertz CT molecular complexity index is 645. The number of hydrogen-bond donors (Lipinski definition) is 1. The van der Waals surface area contributed by atoms with Crippen LogP contribution in [0.5, 0.6) is 0 Å². The first-order valence-electron chi connectivity index (χ1n) is 10.5. The second-order valence-electron chi connectivity index (χ2n) is 9.57. The fourth-order valence-electron chi connectivity index (χ4n) is 6.83. The van der Waals surface area contributed by atoms with Crippen molar-refractivity contribution in [3.05, 3.63) is 29.6 Å². The molecule has 0 atom stereocenters. The van der Waals surface area contributed by atoms with Crippen LogP contribution in [0.15, 0.2) is 18.5 Å². The van der Waals surface area contributed by atoms with Gasteiger partial charge in [0.2, 0.25) is 6.54 Å². The molecular formula is C22H31N2O+. The van der Waals surface area contributed by atoms with Crippen LogP contribution in [-0.4, -0.2) is 12.5 Å². The molecule has 1 amide bonds. The SMILES string of the molecule is O=C(C[n+]1ccc2c(c1)CCCC2)NCC12CC3CC(CC(C3)C1)C2. The minimum absolute atomic E-state index is 0.191. The molecule has 0 spiro atoms. The average molecular weight is 340 g/mol. The molecule has 5 aliphatic carbocycles. The Morgan fingerprint density at radius 1 is 1.04 bits per heavy atom. The molecule has 3 heteroatoms. The number of rotatable bonds is 4. The van der Waals surface area contributed by atoms with E-state index < -0.39 is 0 Å². The lowest BCUT2D eigenvalue weighted by Gasteiger charge is -2.56. The minimum atomic E-state index is 0.191. The van der Waals surface area contributed by atoms with E-state index >= 15 is 0 Å². The van der Waals surface area contributed by atoms with Crippen LogP contribution >= 0.6 is 0 Å². The molecule has 1 aromatic rings. The van der Waals surface area contributed by atoms with E-state index in [1.807, 2.05) is 0 Å². The number of hydrogen-bond acceptors (Lipinski definition) is 1. The van der Waals surface area contributed by atoms with Crippen LogP contribution in [0.2, 0.25) is 0 Å². The van der Waals surface area contributed by atoms with Crippen LogP contribution in [0.4, 0.5) is 0 Å². The van der Waals surface area contributed by atoms with Crippen molar-refractivity contribution >= 4 is 5.91 Å². The summed E-state index contributed by atoms with van der Waals surface area (Å²) in [6.07, 6.45) is 17.8. The zero-order chi connectivity index (χ0) is 16.9. The molecule has 0 aromatic carbocycles. The van der Waals surface area contributed by atoms with E-state index in [-0.39, 0.29) is 5.91 Å². The maximum absolute atomic E-state index is 12.5. The Balaban J connectivity index is 1.20. The molecule has 134 valence electrons. The van der Waals surface area contributed by atoms with E-state index in [1.54, 1.807) is 0 Å². The summed E-state index contributed by atoms with van der Waals surface area (Å²) in [5.41, 5.74) is 3.37. The summed E-state index contributed by atoms with van der Waals surface area (Å²) >= 11 is 0. The van der Waals surface area contributed by atoms with Gasteiger partial charge >= 0.3 is 0 Å². The molecule has 6 rings (SSSR count). The Morgan fingerprint density at radius 2 is 1.68 bits per heavy atom. The molecule has 4 fully saturated rings. The lowest BCUT2D eigenvalue weighted by Crippen LogP contribution is -2.52. The van der Waals surface area contributed by atoms with E-state index in [1.165, 1.54) is 75.3 Å². The lowest BCUT2D eigenvalue weighted by molar-refractivity contribution is -0.685. The number of aryl methyl sites for hydroxylation is 2. The Labute approximate surface area is 151 Å². The van der Waals surface area contributed by atoms with E-state index in [9.17, 15) is 4.79 Å². The van der Waals surface area contributed by atoms with Crippen LogP contribution < -0.4 is 9.88 Å². The average Bonchev–Trinajstić information content (AvgIpc) is 2.59. The van der Waals surface area contributed by atoms with Gasteiger partial charge in [0.05, 0.1) is 0 Å². The zero-order valence-corrected chi connectivity index (χ0v) is 15.3. The normalized spacial score (nSPS) is 35.4. The van der Waals surface area contributed by atoms with Crippen LogP contribution in [0.1, 0.15) is 62.5 Å². The lowest BCUT2D eigenvalue weighted by atomic mass is 9.49. The van der Waals surface area contributed by atoms with Gasteiger partial charge in [-0.1, -0.05) is 0 Å². The van der Waals surface area contributed by atoms with Gasteiger partial charge in [-0.25, -0.2) is 0 Å². The van der Waals surface area contributed by atoms with Crippen molar-refractivity contribution in [2.75, 3.05) is 6.54 Å². The first kappa shape index (κ1) is 15.8. The number of nitrogens with zero attached hydrogens (tertiary/aromatic N) is 1. The fraction of sp³-hybridized carbons (Fsp3) is 0.727. The number of carbonyl (C=O) groups is 1. The second kappa shape index (κ2) is 6.10. The van der Waals surface area contributed by atoms with Crippen molar-refractivity contribution in [2.45, 2.75) is 70.8 Å². The van der Waals surface area contributed by atoms with Gasteiger partial charge in [-0.15, -0.1) is 0 Å². The maximum Gasteiger partial charge on any atom is 0.286 e. The summed E-state index contributed by atoms with van der Waals surface area (Å²) < 4.78 is 2.08. The molecule has 25 heavy (non-hydrogen) atoms. The Morgan fingerprint density at radius 3 is 2.36 bits per heavy atom. The van der Waals surface area contributed by atoms with E-state index in [0.717, 1.165) is 24.3 Å². The molecule has 4 saturated carbocycles. The maximum atomic E-state index is 12.5. The van der Waals surface area contributed by atoms with Gasteiger partial charge in [-0.2, -0.15) is 4.57 Å². The van der Waals surface area contributed by atoms with Crippen molar-refractivity contribution in [1.82, 2.24) is 5.32 Å². The topological polar surface area (TPSA) is 33.0 Å². The van der Waals surface area contributed by atoms with Crippen LogP contribution in [0.3, 0.4) is 0 Å². The third kappa shape index (κ3) is 3.11. The summed E-state index contributed by atoms with van der Waals surface area (Å²) in [6.45, 7) is 1.39. The first-order valence-corrected chi connectivity index (χ1v) is 10.5. The second-order valence-corrected chi connectivity index (χ2v) is 9.57. The van der Waals surface area contributed by atoms with Gasteiger partial charge < -0.3 is 5.32 Å².